The molecule has 2 amide bonds. The molecule has 0 aromatic heterocycles. The Balaban J connectivity index is 1.23. The summed E-state index contributed by atoms with van der Waals surface area (Å²) in [5, 5.41) is 5.65. The molecule has 2 N–H and O–H groups in total. The fraction of sp³-hybridized carbons (Fsp3) is 0.407. The number of hydrogen-bond acceptors (Lipinski definition) is 5. The zero-order valence-electron chi connectivity index (χ0n) is 19.2. The maximum absolute atomic E-state index is 12.6. The number of ether oxygens (including phenoxy) is 1. The highest BCUT2D eigenvalue weighted by Gasteiger charge is 2.21. The Hall–Kier alpha value is -3.48. The highest BCUT2D eigenvalue weighted by Crippen LogP contribution is 2.24. The fourth-order valence-electron chi connectivity index (χ4n) is 4.63. The third kappa shape index (κ3) is 6.10. The number of anilines is 1. The summed E-state index contributed by atoms with van der Waals surface area (Å²) in [5.74, 6) is -1.50. The maximum atomic E-state index is 12.6. The molecule has 0 aliphatic heterocycles. The summed E-state index contributed by atoms with van der Waals surface area (Å²) in [5.41, 5.74) is 3.85. The first-order chi connectivity index (χ1) is 16.5. The third-order valence-corrected chi connectivity index (χ3v) is 6.48. The van der Waals surface area contributed by atoms with Crippen molar-refractivity contribution >= 4 is 29.3 Å². The summed E-state index contributed by atoms with van der Waals surface area (Å²) in [7, 11) is 0. The minimum atomic E-state index is -0.614. The Morgan fingerprint density at radius 1 is 0.882 bits per heavy atom. The van der Waals surface area contributed by atoms with Gasteiger partial charge in [-0.1, -0.05) is 37.1 Å². The van der Waals surface area contributed by atoms with Crippen molar-refractivity contribution in [2.24, 2.45) is 0 Å². The normalized spacial score (nSPS) is 14.9. The Morgan fingerprint density at radius 3 is 2.47 bits per heavy atom. The Morgan fingerprint density at radius 2 is 1.65 bits per heavy atom. The minimum absolute atomic E-state index is 0.0312. The molecule has 7 heteroatoms. The van der Waals surface area contributed by atoms with E-state index in [-0.39, 0.29) is 30.6 Å². The van der Waals surface area contributed by atoms with E-state index in [0.29, 0.717) is 16.8 Å². The van der Waals surface area contributed by atoms with Gasteiger partial charge in [0.2, 0.25) is 0 Å². The molecule has 4 rings (SSSR count). The number of aryl methyl sites for hydroxylation is 2. The first-order valence-corrected chi connectivity index (χ1v) is 12.0. The topological polar surface area (TPSA) is 102 Å². The average molecular weight is 463 g/mol. The van der Waals surface area contributed by atoms with E-state index < -0.39 is 18.5 Å². The van der Waals surface area contributed by atoms with Crippen LogP contribution in [0.15, 0.2) is 42.5 Å². The molecule has 2 aromatic carbocycles. The molecule has 0 radical (unpaired) electrons. The highest BCUT2D eigenvalue weighted by atomic mass is 16.5. The lowest BCUT2D eigenvalue weighted by Gasteiger charge is -2.15. The maximum Gasteiger partial charge on any atom is 0.306 e. The van der Waals surface area contributed by atoms with Gasteiger partial charge in [-0.3, -0.25) is 19.2 Å². The number of carbonyl (C=O) groups excluding carboxylic acids is 4. The van der Waals surface area contributed by atoms with E-state index in [1.54, 1.807) is 24.3 Å². The fourth-order valence-corrected chi connectivity index (χ4v) is 4.63. The van der Waals surface area contributed by atoms with Gasteiger partial charge >= 0.3 is 5.97 Å². The molecule has 7 nitrogen and oxygen atoms in total. The van der Waals surface area contributed by atoms with Crippen LogP contribution < -0.4 is 10.6 Å². The van der Waals surface area contributed by atoms with Crippen LogP contribution in [0.1, 0.15) is 76.8 Å². The summed E-state index contributed by atoms with van der Waals surface area (Å²) in [6.45, 7) is -0.482. The molecule has 1 fully saturated rings. The summed E-state index contributed by atoms with van der Waals surface area (Å²) in [4.78, 5) is 49.4. The summed E-state index contributed by atoms with van der Waals surface area (Å²) < 4.78 is 5.04. The van der Waals surface area contributed by atoms with Gasteiger partial charge in [0, 0.05) is 18.0 Å². The van der Waals surface area contributed by atoms with Crippen LogP contribution in [0, 0.1) is 0 Å². The standard InChI is InChI=1S/C27H30N2O5/c30-24(20-13-12-18-6-5-7-19(18)16-20)14-15-26(32)34-17-25(31)29-23-11-4-3-10-22(23)27(33)28-21-8-1-2-9-21/h3-4,10-13,16,21H,1-2,5-9,14-15,17H2,(H,28,33)(H,29,31). The summed E-state index contributed by atoms with van der Waals surface area (Å²) in [6.07, 6.45) is 7.22. The number of Topliss-reactive ketones (excluding diaryl/α,β-unsaturated/α-hetero) is 1. The van der Waals surface area contributed by atoms with Crippen LogP contribution in [0.25, 0.3) is 0 Å². The average Bonchev–Trinajstić information content (AvgIpc) is 3.53. The number of hydrogen-bond donors (Lipinski definition) is 2. The van der Waals surface area contributed by atoms with Crippen LogP contribution in [0.2, 0.25) is 0 Å². The highest BCUT2D eigenvalue weighted by molar-refractivity contribution is 6.04. The van der Waals surface area contributed by atoms with E-state index in [0.717, 1.165) is 44.9 Å². The lowest BCUT2D eigenvalue weighted by atomic mass is 10.0. The van der Waals surface area contributed by atoms with Crippen molar-refractivity contribution in [1.82, 2.24) is 5.32 Å². The number of fused-ring (bicyclic) bond motifs is 1. The molecule has 2 aliphatic rings. The van der Waals surface area contributed by atoms with Gasteiger partial charge in [0.25, 0.3) is 11.8 Å². The van der Waals surface area contributed by atoms with Crippen molar-refractivity contribution < 1.29 is 23.9 Å². The number of amides is 2. The number of para-hydroxylation sites is 1. The predicted molar refractivity (Wildman–Crippen MR) is 128 cm³/mol. The zero-order chi connectivity index (χ0) is 23.9. The quantitative estimate of drug-likeness (QED) is 0.433. The first kappa shape index (κ1) is 23.7. The molecule has 0 spiro atoms. The van der Waals surface area contributed by atoms with Crippen LogP contribution in [-0.2, 0) is 27.2 Å². The molecule has 1 saturated carbocycles. The van der Waals surface area contributed by atoms with Crippen LogP contribution in [0.4, 0.5) is 5.69 Å². The number of ketones is 1. The van der Waals surface area contributed by atoms with E-state index in [1.165, 1.54) is 11.1 Å². The molecule has 178 valence electrons. The van der Waals surface area contributed by atoms with Gasteiger partial charge in [-0.15, -0.1) is 0 Å². The van der Waals surface area contributed by atoms with Crippen molar-refractivity contribution in [3.05, 3.63) is 64.7 Å². The number of esters is 1. The van der Waals surface area contributed by atoms with Crippen molar-refractivity contribution in [3.63, 3.8) is 0 Å². The van der Waals surface area contributed by atoms with Crippen LogP contribution >= 0.6 is 0 Å². The predicted octanol–water partition coefficient (Wildman–Crippen LogP) is 3.99. The van der Waals surface area contributed by atoms with Gasteiger partial charge in [0.15, 0.2) is 12.4 Å². The SMILES string of the molecule is O=C(COC(=O)CCC(=O)c1ccc2c(c1)CCC2)Nc1ccccc1C(=O)NC1CCCC1. The zero-order valence-corrected chi connectivity index (χ0v) is 19.2. The number of nitrogens with one attached hydrogen (secondary N) is 2. The van der Waals surface area contributed by atoms with Gasteiger partial charge < -0.3 is 15.4 Å². The van der Waals surface area contributed by atoms with Gasteiger partial charge in [0.05, 0.1) is 17.7 Å². The number of benzene rings is 2. The van der Waals surface area contributed by atoms with Crippen LogP contribution in [0.5, 0.6) is 0 Å². The monoisotopic (exact) mass is 462 g/mol. The summed E-state index contributed by atoms with van der Waals surface area (Å²) >= 11 is 0. The minimum Gasteiger partial charge on any atom is -0.456 e. The molecule has 2 aliphatic carbocycles. The Bertz CT molecular complexity index is 1090. The first-order valence-electron chi connectivity index (χ1n) is 12.0. The van der Waals surface area contributed by atoms with Crippen molar-refractivity contribution in [2.45, 2.75) is 63.8 Å². The number of rotatable bonds is 9. The van der Waals surface area contributed by atoms with Crippen LogP contribution in [-0.4, -0.2) is 36.2 Å². The van der Waals surface area contributed by atoms with Gasteiger partial charge in [0.1, 0.15) is 0 Å². The third-order valence-electron chi connectivity index (χ3n) is 6.48. The molecule has 0 unspecified atom stereocenters. The lowest BCUT2D eigenvalue weighted by Crippen LogP contribution is -2.33. The van der Waals surface area contributed by atoms with Crippen molar-refractivity contribution in [1.29, 1.82) is 0 Å². The Kier molecular flexibility index (Phi) is 7.72. The molecule has 0 saturated heterocycles. The molecule has 34 heavy (non-hydrogen) atoms. The molecule has 0 heterocycles. The largest absolute Gasteiger partial charge is 0.456 e. The van der Waals surface area contributed by atoms with Gasteiger partial charge in [-0.2, -0.15) is 0 Å². The van der Waals surface area contributed by atoms with Gasteiger partial charge in [-0.25, -0.2) is 0 Å². The second-order valence-corrected chi connectivity index (χ2v) is 8.97. The van der Waals surface area contributed by atoms with Crippen molar-refractivity contribution in [3.8, 4) is 0 Å². The van der Waals surface area contributed by atoms with E-state index in [9.17, 15) is 19.2 Å². The molecule has 0 bridgehead atoms. The lowest BCUT2D eigenvalue weighted by molar-refractivity contribution is -0.147. The molecule has 0 atom stereocenters. The van der Waals surface area contributed by atoms with E-state index in [4.69, 9.17) is 4.74 Å². The molecular formula is C27H30N2O5. The van der Waals surface area contributed by atoms with Crippen LogP contribution in [0.3, 0.4) is 0 Å². The van der Waals surface area contributed by atoms with Gasteiger partial charge in [-0.05, 0) is 61.4 Å². The number of carbonyl (C=O) groups is 4. The van der Waals surface area contributed by atoms with E-state index in [2.05, 4.69) is 10.6 Å². The van der Waals surface area contributed by atoms with E-state index >= 15 is 0 Å². The second-order valence-electron chi connectivity index (χ2n) is 8.97. The molecular weight excluding hydrogens is 432 g/mol. The second kappa shape index (κ2) is 11.1. The summed E-state index contributed by atoms with van der Waals surface area (Å²) in [6, 6.07) is 12.6. The van der Waals surface area contributed by atoms with Crippen molar-refractivity contribution in [2.75, 3.05) is 11.9 Å². The molecule has 2 aromatic rings. The smallest absolute Gasteiger partial charge is 0.306 e. The van der Waals surface area contributed by atoms with E-state index in [1.807, 2.05) is 18.2 Å². The Labute approximate surface area is 199 Å².